The van der Waals surface area contributed by atoms with Crippen molar-refractivity contribution in [2.45, 2.75) is 26.7 Å². The first-order valence-corrected chi connectivity index (χ1v) is 6.75. The first kappa shape index (κ1) is 12.0. The molecular weight excluding hydrogens is 234 g/mol. The molecule has 1 aromatic carbocycles. The number of nitrogen functional groups attached to an aromatic ring is 1. The molecule has 0 saturated heterocycles. The smallest absolute Gasteiger partial charge is 0.156 e. The second kappa shape index (κ2) is 4.57. The molecule has 0 bridgehead atoms. The number of anilines is 3. The van der Waals surface area contributed by atoms with Crippen molar-refractivity contribution >= 4 is 17.2 Å². The van der Waals surface area contributed by atoms with Crippen molar-refractivity contribution in [1.29, 1.82) is 0 Å². The maximum absolute atomic E-state index is 6.10. The van der Waals surface area contributed by atoms with Crippen LogP contribution in [0.4, 0.5) is 17.2 Å². The van der Waals surface area contributed by atoms with Gasteiger partial charge in [-0.25, -0.2) is 4.98 Å². The van der Waals surface area contributed by atoms with Crippen LogP contribution in [0.15, 0.2) is 30.3 Å². The van der Waals surface area contributed by atoms with Crippen LogP contribution in [-0.4, -0.2) is 11.5 Å². The minimum absolute atomic E-state index is 0.749. The zero-order chi connectivity index (χ0) is 13.4. The summed E-state index contributed by atoms with van der Waals surface area (Å²) in [5, 5.41) is 0. The van der Waals surface area contributed by atoms with Crippen LogP contribution in [0.3, 0.4) is 0 Å². The molecule has 0 saturated carbocycles. The van der Waals surface area contributed by atoms with Crippen molar-refractivity contribution in [3.05, 3.63) is 47.2 Å². The van der Waals surface area contributed by atoms with Gasteiger partial charge in [-0.1, -0.05) is 17.7 Å². The summed E-state index contributed by atoms with van der Waals surface area (Å²) in [5.74, 6) is 0.893. The fourth-order valence-electron chi connectivity index (χ4n) is 2.72. The maximum Gasteiger partial charge on any atom is 0.156 e. The Balaban J connectivity index is 2.11. The van der Waals surface area contributed by atoms with Crippen LogP contribution >= 0.6 is 0 Å². The van der Waals surface area contributed by atoms with Crippen molar-refractivity contribution in [2.75, 3.05) is 17.2 Å². The van der Waals surface area contributed by atoms with Gasteiger partial charge in [0, 0.05) is 17.9 Å². The Labute approximate surface area is 114 Å². The molecule has 2 N–H and O–H groups in total. The van der Waals surface area contributed by atoms with E-state index in [9.17, 15) is 0 Å². The van der Waals surface area contributed by atoms with Gasteiger partial charge in [-0.2, -0.15) is 0 Å². The number of pyridine rings is 1. The number of nitrogens with two attached hydrogens (primary N) is 1. The number of hydrogen-bond donors (Lipinski definition) is 1. The molecule has 19 heavy (non-hydrogen) atoms. The largest absolute Gasteiger partial charge is 0.396 e. The number of aryl methyl sites for hydroxylation is 3. The van der Waals surface area contributed by atoms with Crippen LogP contribution in [0.25, 0.3) is 0 Å². The van der Waals surface area contributed by atoms with E-state index in [1.54, 1.807) is 0 Å². The number of hydrogen-bond acceptors (Lipinski definition) is 3. The fourth-order valence-corrected chi connectivity index (χ4v) is 2.72. The lowest BCUT2D eigenvalue weighted by Gasteiger charge is -2.31. The SMILES string of the molecule is Cc1ccc2c(c1)CCCN2c1nc(C)ccc1N. The molecule has 0 unspecified atom stereocenters. The minimum Gasteiger partial charge on any atom is -0.396 e. The Morgan fingerprint density at radius 3 is 2.84 bits per heavy atom. The molecule has 3 heteroatoms. The normalized spacial score (nSPS) is 14.3. The summed E-state index contributed by atoms with van der Waals surface area (Å²) in [4.78, 5) is 6.87. The maximum atomic E-state index is 6.10. The lowest BCUT2D eigenvalue weighted by atomic mass is 9.99. The van der Waals surface area contributed by atoms with E-state index in [-0.39, 0.29) is 0 Å². The fraction of sp³-hybridized carbons (Fsp3) is 0.312. The summed E-state index contributed by atoms with van der Waals surface area (Å²) < 4.78 is 0. The first-order valence-electron chi connectivity index (χ1n) is 6.75. The van der Waals surface area contributed by atoms with Gasteiger partial charge < -0.3 is 10.6 Å². The van der Waals surface area contributed by atoms with Crippen molar-refractivity contribution in [1.82, 2.24) is 4.98 Å². The topological polar surface area (TPSA) is 42.2 Å². The van der Waals surface area contributed by atoms with E-state index < -0.39 is 0 Å². The molecule has 0 aliphatic carbocycles. The number of rotatable bonds is 1. The molecule has 0 radical (unpaired) electrons. The van der Waals surface area contributed by atoms with E-state index in [0.717, 1.165) is 36.6 Å². The third-order valence-electron chi connectivity index (χ3n) is 3.65. The average Bonchev–Trinajstić information content (AvgIpc) is 2.40. The molecule has 3 rings (SSSR count). The monoisotopic (exact) mass is 253 g/mol. The van der Waals surface area contributed by atoms with Gasteiger partial charge in [0.2, 0.25) is 0 Å². The molecule has 3 nitrogen and oxygen atoms in total. The summed E-state index contributed by atoms with van der Waals surface area (Å²) in [6, 6.07) is 10.5. The van der Waals surface area contributed by atoms with Crippen molar-refractivity contribution < 1.29 is 0 Å². The molecule has 2 heterocycles. The van der Waals surface area contributed by atoms with Gasteiger partial charge in [-0.15, -0.1) is 0 Å². The molecule has 1 aromatic heterocycles. The summed E-state index contributed by atoms with van der Waals surface area (Å²) in [6.45, 7) is 5.12. The summed E-state index contributed by atoms with van der Waals surface area (Å²) in [5.41, 5.74) is 11.8. The Morgan fingerprint density at radius 1 is 1.16 bits per heavy atom. The molecule has 0 spiro atoms. The third-order valence-corrected chi connectivity index (χ3v) is 3.65. The molecular formula is C16H19N3. The van der Waals surface area contributed by atoms with Crippen molar-refractivity contribution in [3.8, 4) is 0 Å². The second-order valence-electron chi connectivity index (χ2n) is 5.25. The van der Waals surface area contributed by atoms with Crippen LogP contribution in [0, 0.1) is 13.8 Å². The van der Waals surface area contributed by atoms with Gasteiger partial charge in [-0.3, -0.25) is 0 Å². The predicted molar refractivity (Wildman–Crippen MR) is 79.9 cm³/mol. The van der Waals surface area contributed by atoms with Gasteiger partial charge >= 0.3 is 0 Å². The summed E-state index contributed by atoms with van der Waals surface area (Å²) >= 11 is 0. The Kier molecular flexibility index (Phi) is 2.90. The highest BCUT2D eigenvalue weighted by atomic mass is 15.2. The highest BCUT2D eigenvalue weighted by Crippen LogP contribution is 2.35. The zero-order valence-corrected chi connectivity index (χ0v) is 11.5. The Hall–Kier alpha value is -2.03. The van der Waals surface area contributed by atoms with E-state index in [2.05, 4.69) is 35.0 Å². The molecule has 1 aliphatic rings. The Morgan fingerprint density at radius 2 is 2.00 bits per heavy atom. The molecule has 98 valence electrons. The highest BCUT2D eigenvalue weighted by molar-refractivity contribution is 5.74. The lowest BCUT2D eigenvalue weighted by molar-refractivity contribution is 0.758. The molecule has 0 atom stereocenters. The quantitative estimate of drug-likeness (QED) is 0.847. The number of nitrogens with zero attached hydrogens (tertiary/aromatic N) is 2. The van der Waals surface area contributed by atoms with Crippen molar-refractivity contribution in [2.24, 2.45) is 0 Å². The van der Waals surface area contributed by atoms with E-state index >= 15 is 0 Å². The molecule has 1 aliphatic heterocycles. The molecule has 0 amide bonds. The van der Waals surface area contributed by atoms with Gasteiger partial charge in [-0.05, 0) is 50.5 Å². The van der Waals surface area contributed by atoms with Gasteiger partial charge in [0.25, 0.3) is 0 Å². The van der Waals surface area contributed by atoms with Crippen LogP contribution in [-0.2, 0) is 6.42 Å². The zero-order valence-electron chi connectivity index (χ0n) is 11.5. The summed E-state index contributed by atoms with van der Waals surface area (Å²) in [7, 11) is 0. The molecule has 2 aromatic rings. The van der Waals surface area contributed by atoms with Crippen LogP contribution in [0.2, 0.25) is 0 Å². The molecule has 0 fully saturated rings. The van der Waals surface area contributed by atoms with Gasteiger partial charge in [0.1, 0.15) is 0 Å². The van der Waals surface area contributed by atoms with Crippen LogP contribution in [0.1, 0.15) is 23.2 Å². The Bertz CT molecular complexity index is 619. The minimum atomic E-state index is 0.749. The standard InChI is InChI=1S/C16H19N3/c1-11-5-8-15-13(10-11)4-3-9-19(15)16-14(17)7-6-12(2)18-16/h5-8,10H,3-4,9,17H2,1-2H3. The van der Waals surface area contributed by atoms with E-state index in [0.29, 0.717) is 0 Å². The van der Waals surface area contributed by atoms with Crippen LogP contribution in [0.5, 0.6) is 0 Å². The van der Waals surface area contributed by atoms with E-state index in [1.165, 1.54) is 16.8 Å². The van der Waals surface area contributed by atoms with Crippen molar-refractivity contribution in [3.63, 3.8) is 0 Å². The number of fused-ring (bicyclic) bond motifs is 1. The van der Waals surface area contributed by atoms with Gasteiger partial charge in [0.15, 0.2) is 5.82 Å². The van der Waals surface area contributed by atoms with E-state index in [1.807, 2.05) is 19.1 Å². The number of benzene rings is 1. The van der Waals surface area contributed by atoms with E-state index in [4.69, 9.17) is 5.73 Å². The average molecular weight is 253 g/mol. The first-order chi connectivity index (χ1) is 9.15. The lowest BCUT2D eigenvalue weighted by Crippen LogP contribution is -2.26. The third kappa shape index (κ3) is 2.16. The number of aromatic nitrogens is 1. The highest BCUT2D eigenvalue weighted by Gasteiger charge is 2.20. The van der Waals surface area contributed by atoms with Gasteiger partial charge in [0.05, 0.1) is 5.69 Å². The summed E-state index contributed by atoms with van der Waals surface area (Å²) in [6.07, 6.45) is 2.28. The van der Waals surface area contributed by atoms with Crippen LogP contribution < -0.4 is 10.6 Å². The predicted octanol–water partition coefficient (Wildman–Crippen LogP) is 3.36. The second-order valence-corrected chi connectivity index (χ2v) is 5.25.